The Labute approximate surface area is 104 Å². The van der Waals surface area contributed by atoms with Crippen LogP contribution in [0.4, 0.5) is 0 Å². The molecule has 0 aliphatic heterocycles. The van der Waals surface area contributed by atoms with E-state index in [-0.39, 0.29) is 0 Å². The molecule has 0 aliphatic rings. The van der Waals surface area contributed by atoms with Crippen LogP contribution in [0.1, 0.15) is 40.0 Å². The molecule has 0 fully saturated rings. The number of thiol groups is 1. The summed E-state index contributed by atoms with van der Waals surface area (Å²) in [5.41, 5.74) is 0. The van der Waals surface area contributed by atoms with E-state index in [0.29, 0.717) is 25.0 Å². The van der Waals surface area contributed by atoms with Gasteiger partial charge in [0, 0.05) is 5.75 Å². The third-order valence-corrected chi connectivity index (χ3v) is 2.70. The van der Waals surface area contributed by atoms with Crippen LogP contribution < -0.4 is 0 Å². The topological polar surface area (TPSA) is 80.9 Å². The van der Waals surface area contributed by atoms with Crippen LogP contribution in [0.5, 0.6) is 0 Å². The fraction of sp³-hybridized carbons (Fsp3) is 1.00. The van der Waals surface area contributed by atoms with Gasteiger partial charge in [-0.15, -0.1) is 0 Å². The van der Waals surface area contributed by atoms with E-state index in [4.69, 9.17) is 20.4 Å². The van der Waals surface area contributed by atoms with Crippen molar-refractivity contribution in [2.24, 2.45) is 0 Å². The molecule has 0 amide bonds. The Morgan fingerprint density at radius 1 is 0.688 bits per heavy atom. The molecule has 0 saturated heterocycles. The van der Waals surface area contributed by atoms with E-state index in [1.807, 2.05) is 20.8 Å². The van der Waals surface area contributed by atoms with Gasteiger partial charge in [-0.3, -0.25) is 0 Å². The minimum atomic E-state index is -0.664. The van der Waals surface area contributed by atoms with Crippen molar-refractivity contribution in [3.8, 4) is 0 Å². The highest BCUT2D eigenvalue weighted by Gasteiger charge is 2.10. The van der Waals surface area contributed by atoms with Gasteiger partial charge in [0.2, 0.25) is 0 Å². The predicted molar refractivity (Wildman–Crippen MR) is 68.8 cm³/mol. The summed E-state index contributed by atoms with van der Waals surface area (Å²) in [5.74, 6) is 0.328. The van der Waals surface area contributed by atoms with Crippen LogP contribution >= 0.6 is 12.6 Å². The number of rotatable bonds is 6. The molecule has 0 rings (SSSR count). The highest BCUT2D eigenvalue weighted by atomic mass is 32.1. The molecular weight excluding hydrogens is 228 g/mol. The zero-order valence-electron chi connectivity index (χ0n) is 10.4. The van der Waals surface area contributed by atoms with Gasteiger partial charge in [0.25, 0.3) is 0 Å². The average Bonchev–Trinajstić information content (AvgIpc) is 2.35. The summed E-state index contributed by atoms with van der Waals surface area (Å²) in [6, 6.07) is 0. The number of aliphatic hydroxyl groups excluding tert-OH is 4. The SMILES string of the molecule is CCC(O)C(O)CC.CCC(O)C(O)CS. The lowest BCUT2D eigenvalue weighted by Gasteiger charge is -2.12. The first-order valence-corrected chi connectivity index (χ1v) is 6.40. The van der Waals surface area contributed by atoms with Crippen LogP contribution in [0.3, 0.4) is 0 Å². The first-order chi connectivity index (χ1) is 7.44. The summed E-state index contributed by atoms with van der Waals surface area (Å²) in [7, 11) is 0. The van der Waals surface area contributed by atoms with Gasteiger partial charge in [-0.25, -0.2) is 0 Å². The Balaban J connectivity index is 0. The molecule has 16 heavy (non-hydrogen) atoms. The van der Waals surface area contributed by atoms with Gasteiger partial charge in [0.1, 0.15) is 0 Å². The average molecular weight is 254 g/mol. The molecule has 0 heterocycles. The van der Waals surface area contributed by atoms with Crippen molar-refractivity contribution in [1.29, 1.82) is 0 Å². The van der Waals surface area contributed by atoms with Crippen molar-refractivity contribution >= 4 is 12.6 Å². The smallest absolute Gasteiger partial charge is 0.0886 e. The van der Waals surface area contributed by atoms with Crippen LogP contribution in [0.25, 0.3) is 0 Å². The Bertz CT molecular complexity index is 114. The van der Waals surface area contributed by atoms with Crippen molar-refractivity contribution in [2.75, 3.05) is 5.75 Å². The van der Waals surface area contributed by atoms with Crippen LogP contribution in [-0.2, 0) is 0 Å². The third kappa shape index (κ3) is 9.42. The Kier molecular flexibility index (Phi) is 13.5. The molecule has 4 nitrogen and oxygen atoms in total. The summed E-state index contributed by atoms with van der Waals surface area (Å²) in [6.07, 6.45) is -0.470. The summed E-state index contributed by atoms with van der Waals surface area (Å²) >= 11 is 3.80. The van der Waals surface area contributed by atoms with Crippen molar-refractivity contribution in [2.45, 2.75) is 64.4 Å². The Morgan fingerprint density at radius 3 is 1.06 bits per heavy atom. The van der Waals surface area contributed by atoms with E-state index in [1.54, 1.807) is 0 Å². The quantitative estimate of drug-likeness (QED) is 0.449. The molecule has 4 unspecified atom stereocenters. The van der Waals surface area contributed by atoms with E-state index in [1.165, 1.54) is 0 Å². The van der Waals surface area contributed by atoms with E-state index < -0.39 is 24.4 Å². The van der Waals surface area contributed by atoms with Gasteiger partial charge in [-0.1, -0.05) is 20.8 Å². The largest absolute Gasteiger partial charge is 0.390 e. The minimum Gasteiger partial charge on any atom is -0.390 e. The standard InChI is InChI=1S/C6H14O2.C5H12O2S/c1-3-5(7)6(8)4-2;1-2-4(6)5(7)3-8/h5-8H,3-4H2,1-2H3;4-8H,2-3H2,1H3. The van der Waals surface area contributed by atoms with Crippen LogP contribution in [0.2, 0.25) is 0 Å². The Hall–Kier alpha value is 0.190. The monoisotopic (exact) mass is 254 g/mol. The lowest BCUT2D eigenvalue weighted by Crippen LogP contribution is -2.26. The van der Waals surface area contributed by atoms with E-state index >= 15 is 0 Å². The molecule has 0 aliphatic carbocycles. The number of hydrogen-bond acceptors (Lipinski definition) is 5. The van der Waals surface area contributed by atoms with Gasteiger partial charge in [0.15, 0.2) is 0 Å². The Morgan fingerprint density at radius 2 is 0.938 bits per heavy atom. The molecule has 0 bridgehead atoms. The molecule has 0 aromatic heterocycles. The van der Waals surface area contributed by atoms with Crippen molar-refractivity contribution in [3.63, 3.8) is 0 Å². The predicted octanol–water partition coefficient (Wildman–Crippen LogP) is 0.576. The summed E-state index contributed by atoms with van der Waals surface area (Å²) in [5, 5.41) is 35.4. The van der Waals surface area contributed by atoms with Crippen molar-refractivity contribution < 1.29 is 20.4 Å². The van der Waals surface area contributed by atoms with Gasteiger partial charge in [0.05, 0.1) is 24.4 Å². The molecule has 0 spiro atoms. The molecule has 0 aromatic rings. The van der Waals surface area contributed by atoms with Gasteiger partial charge < -0.3 is 20.4 Å². The second-order valence-corrected chi connectivity index (χ2v) is 4.04. The zero-order valence-corrected chi connectivity index (χ0v) is 11.3. The summed E-state index contributed by atoms with van der Waals surface area (Å²) in [4.78, 5) is 0. The fourth-order valence-corrected chi connectivity index (χ4v) is 1.18. The lowest BCUT2D eigenvalue weighted by molar-refractivity contribution is 0.0157. The summed E-state index contributed by atoms with van der Waals surface area (Å²) in [6.45, 7) is 5.52. The maximum atomic E-state index is 8.88. The molecule has 4 atom stereocenters. The minimum absolute atomic E-state index is 0.328. The highest BCUT2D eigenvalue weighted by Crippen LogP contribution is 2.00. The molecule has 0 radical (unpaired) electrons. The molecular formula is C11H26O4S. The first-order valence-electron chi connectivity index (χ1n) is 5.77. The van der Waals surface area contributed by atoms with Crippen LogP contribution in [-0.4, -0.2) is 50.6 Å². The molecule has 0 saturated carbocycles. The molecule has 5 heteroatoms. The van der Waals surface area contributed by atoms with Gasteiger partial charge >= 0.3 is 0 Å². The maximum absolute atomic E-state index is 8.88. The molecule has 100 valence electrons. The number of aliphatic hydroxyl groups is 4. The highest BCUT2D eigenvalue weighted by molar-refractivity contribution is 7.80. The van der Waals surface area contributed by atoms with Crippen molar-refractivity contribution in [3.05, 3.63) is 0 Å². The van der Waals surface area contributed by atoms with Gasteiger partial charge in [-0.05, 0) is 19.3 Å². The van der Waals surface area contributed by atoms with Crippen molar-refractivity contribution in [1.82, 2.24) is 0 Å². The van der Waals surface area contributed by atoms with Crippen LogP contribution in [0.15, 0.2) is 0 Å². The van der Waals surface area contributed by atoms with E-state index in [2.05, 4.69) is 12.6 Å². The van der Waals surface area contributed by atoms with Crippen LogP contribution in [0, 0.1) is 0 Å². The maximum Gasteiger partial charge on any atom is 0.0886 e. The zero-order chi connectivity index (χ0) is 13.1. The number of hydrogen-bond donors (Lipinski definition) is 5. The lowest BCUT2D eigenvalue weighted by atomic mass is 10.1. The first kappa shape index (κ1) is 18.6. The second-order valence-electron chi connectivity index (χ2n) is 3.68. The van der Waals surface area contributed by atoms with E-state index in [0.717, 1.165) is 0 Å². The van der Waals surface area contributed by atoms with Gasteiger partial charge in [-0.2, -0.15) is 12.6 Å². The van der Waals surface area contributed by atoms with E-state index in [9.17, 15) is 0 Å². The normalized spacial score (nSPS) is 18.0. The fourth-order valence-electron chi connectivity index (χ4n) is 0.938. The molecule has 4 N–H and O–H groups in total. The molecule has 0 aromatic carbocycles. The third-order valence-electron chi connectivity index (χ3n) is 2.33. The second kappa shape index (κ2) is 11.7. The summed E-state index contributed by atoms with van der Waals surface area (Å²) < 4.78 is 0.